The van der Waals surface area contributed by atoms with Crippen LogP contribution in [0.15, 0.2) is 30.3 Å². The fraction of sp³-hybridized carbons (Fsp3) is 0.500. The molecule has 116 valence electrons. The van der Waals surface area contributed by atoms with E-state index < -0.39 is 17.6 Å². The van der Waals surface area contributed by atoms with Crippen LogP contribution in [-0.4, -0.2) is 34.3 Å². The maximum Gasteiger partial charge on any atom is 0.329 e. The number of amides is 1. The van der Waals surface area contributed by atoms with E-state index in [1.165, 1.54) is 4.90 Å². The van der Waals surface area contributed by atoms with Crippen LogP contribution in [0.4, 0.5) is 0 Å². The molecule has 0 N–H and O–H groups in total. The summed E-state index contributed by atoms with van der Waals surface area (Å²) in [6.07, 6.45) is 0. The highest BCUT2D eigenvalue weighted by molar-refractivity contribution is 6.27. The van der Waals surface area contributed by atoms with Gasteiger partial charge in [-0.2, -0.15) is 0 Å². The molecule has 1 aromatic rings. The van der Waals surface area contributed by atoms with Gasteiger partial charge in [-0.05, 0) is 33.3 Å². The number of halogens is 1. The lowest BCUT2D eigenvalue weighted by molar-refractivity contribution is -0.164. The Kier molecular flexibility index (Phi) is 6.21. The van der Waals surface area contributed by atoms with Crippen LogP contribution in [0.3, 0.4) is 0 Å². The van der Waals surface area contributed by atoms with E-state index in [0.717, 1.165) is 5.56 Å². The summed E-state index contributed by atoms with van der Waals surface area (Å²) in [5.74, 6) is -0.893. The van der Waals surface area contributed by atoms with E-state index in [2.05, 4.69) is 0 Å². The molecule has 5 heteroatoms. The molecule has 1 rings (SSSR count). The predicted octanol–water partition coefficient (Wildman–Crippen LogP) is 2.98. The molecule has 0 bridgehead atoms. The van der Waals surface area contributed by atoms with Crippen molar-refractivity contribution in [2.45, 2.75) is 45.9 Å². The Labute approximate surface area is 131 Å². The minimum Gasteiger partial charge on any atom is -0.458 e. The second-order valence-corrected chi connectivity index (χ2v) is 6.12. The Bertz CT molecular complexity index is 482. The molecule has 0 aliphatic rings. The van der Waals surface area contributed by atoms with Gasteiger partial charge in [-0.15, -0.1) is 11.6 Å². The molecule has 4 nitrogen and oxygen atoms in total. The third-order valence-electron chi connectivity index (χ3n) is 2.85. The smallest absolute Gasteiger partial charge is 0.329 e. The second kappa shape index (κ2) is 7.46. The Morgan fingerprint density at radius 3 is 2.29 bits per heavy atom. The summed E-state index contributed by atoms with van der Waals surface area (Å²) in [6.45, 7) is 7.36. The van der Waals surface area contributed by atoms with Crippen LogP contribution < -0.4 is 0 Å². The highest BCUT2D eigenvalue weighted by Gasteiger charge is 2.29. The van der Waals surface area contributed by atoms with Gasteiger partial charge in [0.05, 0.1) is 0 Å². The van der Waals surface area contributed by atoms with E-state index in [-0.39, 0.29) is 11.8 Å². The summed E-state index contributed by atoms with van der Waals surface area (Å²) in [5.41, 5.74) is 0.347. The minimum atomic E-state index is -0.685. The minimum absolute atomic E-state index is 0.167. The maximum absolute atomic E-state index is 12.2. The van der Waals surface area contributed by atoms with E-state index in [4.69, 9.17) is 16.3 Å². The summed E-state index contributed by atoms with van der Waals surface area (Å²) in [6, 6.07) is 8.78. The van der Waals surface area contributed by atoms with Crippen LogP contribution in [0.2, 0.25) is 0 Å². The number of carbonyl (C=O) groups excluding carboxylic acids is 2. The monoisotopic (exact) mass is 311 g/mol. The van der Waals surface area contributed by atoms with Gasteiger partial charge in [-0.3, -0.25) is 4.79 Å². The topological polar surface area (TPSA) is 46.6 Å². The van der Waals surface area contributed by atoms with Gasteiger partial charge in [-0.25, -0.2) is 4.79 Å². The van der Waals surface area contributed by atoms with Crippen molar-refractivity contribution in [2.24, 2.45) is 0 Å². The lowest BCUT2D eigenvalue weighted by Gasteiger charge is -2.30. The number of rotatable bonds is 5. The molecule has 0 fully saturated rings. The number of benzene rings is 1. The van der Waals surface area contributed by atoms with Gasteiger partial charge in [0.25, 0.3) is 0 Å². The fourth-order valence-electron chi connectivity index (χ4n) is 1.81. The molecule has 0 aliphatic carbocycles. The molecular weight excluding hydrogens is 290 g/mol. The largest absolute Gasteiger partial charge is 0.458 e. The first-order valence-corrected chi connectivity index (χ1v) is 7.40. The van der Waals surface area contributed by atoms with E-state index in [9.17, 15) is 9.59 Å². The fourth-order valence-corrected chi connectivity index (χ4v) is 1.97. The van der Waals surface area contributed by atoms with Crippen LogP contribution in [0.25, 0.3) is 0 Å². The Morgan fingerprint density at radius 2 is 1.81 bits per heavy atom. The standard InChI is InChI=1S/C16H22ClNO3/c1-12(15(20)21-16(2,3)4)18(14(19)10-17)11-13-8-6-5-7-9-13/h5-9,12H,10-11H2,1-4H3/t12-/m0/s1. The molecule has 0 radical (unpaired) electrons. The summed E-state index contributed by atoms with van der Waals surface area (Å²) >= 11 is 5.65. The quantitative estimate of drug-likeness (QED) is 0.620. The molecule has 21 heavy (non-hydrogen) atoms. The zero-order chi connectivity index (χ0) is 16.0. The van der Waals surface area contributed by atoms with Crippen molar-refractivity contribution in [2.75, 3.05) is 5.88 Å². The zero-order valence-electron chi connectivity index (χ0n) is 12.9. The van der Waals surface area contributed by atoms with Crippen molar-refractivity contribution in [1.29, 1.82) is 0 Å². The number of alkyl halides is 1. The molecule has 0 saturated heterocycles. The predicted molar refractivity (Wildman–Crippen MR) is 83.0 cm³/mol. The van der Waals surface area contributed by atoms with Gasteiger partial charge < -0.3 is 9.64 Å². The van der Waals surface area contributed by atoms with Crippen LogP contribution in [0.1, 0.15) is 33.3 Å². The molecule has 1 amide bonds. The van der Waals surface area contributed by atoms with Crippen LogP contribution in [-0.2, 0) is 20.9 Å². The van der Waals surface area contributed by atoms with Crippen molar-refractivity contribution >= 4 is 23.5 Å². The lowest BCUT2D eigenvalue weighted by atomic mass is 10.1. The van der Waals surface area contributed by atoms with E-state index in [0.29, 0.717) is 6.54 Å². The molecular formula is C16H22ClNO3. The van der Waals surface area contributed by atoms with Crippen molar-refractivity contribution in [3.8, 4) is 0 Å². The summed E-state index contributed by atoms with van der Waals surface area (Å²) in [7, 11) is 0. The molecule has 0 spiro atoms. The molecule has 1 aromatic carbocycles. The average molecular weight is 312 g/mol. The summed E-state index contributed by atoms with van der Waals surface area (Å²) in [5, 5.41) is 0. The van der Waals surface area contributed by atoms with Gasteiger partial charge in [0.2, 0.25) is 5.91 Å². The normalized spacial score (nSPS) is 12.6. The first-order valence-electron chi connectivity index (χ1n) is 6.87. The van der Waals surface area contributed by atoms with Gasteiger partial charge in [0.1, 0.15) is 17.5 Å². The zero-order valence-corrected chi connectivity index (χ0v) is 13.7. The summed E-state index contributed by atoms with van der Waals surface area (Å²) < 4.78 is 5.34. The average Bonchev–Trinajstić information content (AvgIpc) is 2.42. The Morgan fingerprint density at radius 1 is 1.24 bits per heavy atom. The van der Waals surface area contributed by atoms with Gasteiger partial charge in [-0.1, -0.05) is 30.3 Å². The number of hydrogen-bond acceptors (Lipinski definition) is 3. The molecule has 0 unspecified atom stereocenters. The van der Waals surface area contributed by atoms with E-state index >= 15 is 0 Å². The number of nitrogens with zero attached hydrogens (tertiary/aromatic N) is 1. The Hall–Kier alpha value is -1.55. The van der Waals surface area contributed by atoms with Crippen LogP contribution >= 0.6 is 11.6 Å². The maximum atomic E-state index is 12.2. The van der Waals surface area contributed by atoms with Crippen molar-refractivity contribution in [3.05, 3.63) is 35.9 Å². The first kappa shape index (κ1) is 17.5. The van der Waals surface area contributed by atoms with E-state index in [1.54, 1.807) is 27.7 Å². The van der Waals surface area contributed by atoms with Crippen molar-refractivity contribution in [1.82, 2.24) is 4.90 Å². The van der Waals surface area contributed by atoms with Gasteiger partial charge in [0, 0.05) is 6.54 Å². The molecule has 0 heterocycles. The molecule has 0 aliphatic heterocycles. The third-order valence-corrected chi connectivity index (χ3v) is 3.07. The van der Waals surface area contributed by atoms with E-state index in [1.807, 2.05) is 30.3 Å². The van der Waals surface area contributed by atoms with Crippen molar-refractivity contribution < 1.29 is 14.3 Å². The highest BCUT2D eigenvalue weighted by atomic mass is 35.5. The molecule has 0 aromatic heterocycles. The first-order chi connectivity index (χ1) is 9.74. The van der Waals surface area contributed by atoms with Crippen LogP contribution in [0, 0.1) is 0 Å². The second-order valence-electron chi connectivity index (χ2n) is 5.85. The molecule has 0 saturated carbocycles. The Balaban J connectivity index is 2.87. The molecule has 1 atom stereocenters. The third kappa shape index (κ3) is 5.76. The van der Waals surface area contributed by atoms with Gasteiger partial charge >= 0.3 is 5.97 Å². The number of hydrogen-bond donors (Lipinski definition) is 0. The lowest BCUT2D eigenvalue weighted by Crippen LogP contribution is -2.45. The highest BCUT2D eigenvalue weighted by Crippen LogP contribution is 2.14. The van der Waals surface area contributed by atoms with Gasteiger partial charge in [0.15, 0.2) is 0 Å². The summed E-state index contributed by atoms with van der Waals surface area (Å²) in [4.78, 5) is 25.6. The number of esters is 1. The SMILES string of the molecule is C[C@@H](C(=O)OC(C)(C)C)N(Cc1ccccc1)C(=O)CCl. The number of carbonyl (C=O) groups is 2. The van der Waals surface area contributed by atoms with Crippen molar-refractivity contribution in [3.63, 3.8) is 0 Å². The van der Waals surface area contributed by atoms with Crippen LogP contribution in [0.5, 0.6) is 0 Å². The number of ether oxygens (including phenoxy) is 1.